The lowest BCUT2D eigenvalue weighted by Gasteiger charge is -2.19. The molecule has 0 unspecified atom stereocenters. The van der Waals surface area contributed by atoms with Gasteiger partial charge in [0.25, 0.3) is 0 Å². The molecule has 0 atom stereocenters. The minimum atomic E-state index is -3.36. The van der Waals surface area contributed by atoms with Crippen LogP contribution in [0.1, 0.15) is 32.8 Å². The van der Waals surface area contributed by atoms with E-state index in [0.717, 1.165) is 11.3 Å². The maximum Gasteiger partial charge on any atom is 0.220 e. The van der Waals surface area contributed by atoms with Crippen molar-refractivity contribution >= 4 is 27.5 Å². The summed E-state index contributed by atoms with van der Waals surface area (Å²) in [5.74, 6) is 0.562. The van der Waals surface area contributed by atoms with Crippen LogP contribution in [-0.4, -0.2) is 38.6 Å². The summed E-state index contributed by atoms with van der Waals surface area (Å²) in [4.78, 5) is 11.8. The van der Waals surface area contributed by atoms with E-state index in [0.29, 0.717) is 11.3 Å². The van der Waals surface area contributed by atoms with Crippen LogP contribution in [0.25, 0.3) is 0 Å². The summed E-state index contributed by atoms with van der Waals surface area (Å²) < 4.78 is 24.5. The lowest BCUT2D eigenvalue weighted by Crippen LogP contribution is -2.29. The molecule has 0 aliphatic heterocycles. The third-order valence-corrected chi connectivity index (χ3v) is 5.65. The maximum absolute atomic E-state index is 12.2. The minimum absolute atomic E-state index is 0.00639. The Labute approximate surface area is 138 Å². The summed E-state index contributed by atoms with van der Waals surface area (Å²) in [5, 5.41) is 2.65. The van der Waals surface area contributed by atoms with Crippen molar-refractivity contribution < 1.29 is 13.2 Å². The van der Waals surface area contributed by atoms with E-state index in [2.05, 4.69) is 26.1 Å². The molecule has 22 heavy (non-hydrogen) atoms. The highest BCUT2D eigenvalue weighted by Crippen LogP contribution is 2.23. The number of hydrogen-bond acceptors (Lipinski definition) is 4. The smallest absolute Gasteiger partial charge is 0.220 e. The molecule has 1 amide bonds. The molecule has 0 bridgehead atoms. The summed E-state index contributed by atoms with van der Waals surface area (Å²) in [7, 11) is -3.36. The highest BCUT2D eigenvalue weighted by atomic mass is 32.2. The summed E-state index contributed by atoms with van der Waals surface area (Å²) >= 11 is 1.59. The zero-order valence-corrected chi connectivity index (χ0v) is 15.3. The number of carbonyl (C=O) groups is 1. The molecule has 124 valence electrons. The first-order valence-electron chi connectivity index (χ1n) is 7.26. The first kappa shape index (κ1) is 19.0. The van der Waals surface area contributed by atoms with Crippen LogP contribution in [0.15, 0.2) is 29.2 Å². The zero-order chi connectivity index (χ0) is 16.8. The number of sulfone groups is 1. The SMILES string of the molecule is CSCCC(=O)NCCS(=O)(=O)c1ccc(C(C)(C)C)cc1. The number of benzene rings is 1. The standard InChI is InChI=1S/C16H25NO3S2/c1-16(2,3)13-5-7-14(8-6-13)22(19,20)12-10-17-15(18)9-11-21-4/h5-8H,9-12H2,1-4H3,(H,17,18). The van der Waals surface area contributed by atoms with Crippen LogP contribution in [0.5, 0.6) is 0 Å². The van der Waals surface area contributed by atoms with Crippen LogP contribution >= 0.6 is 11.8 Å². The Morgan fingerprint density at radius 3 is 2.27 bits per heavy atom. The van der Waals surface area contributed by atoms with Crippen molar-refractivity contribution in [3.05, 3.63) is 29.8 Å². The van der Waals surface area contributed by atoms with Crippen LogP contribution < -0.4 is 5.32 Å². The Balaban J connectivity index is 2.61. The van der Waals surface area contributed by atoms with E-state index in [1.807, 2.05) is 18.4 Å². The Morgan fingerprint density at radius 2 is 1.77 bits per heavy atom. The molecule has 0 radical (unpaired) electrons. The van der Waals surface area contributed by atoms with Gasteiger partial charge in [0, 0.05) is 18.7 Å². The van der Waals surface area contributed by atoms with Gasteiger partial charge in [0.1, 0.15) is 0 Å². The van der Waals surface area contributed by atoms with Gasteiger partial charge < -0.3 is 5.32 Å². The first-order chi connectivity index (χ1) is 10.2. The van der Waals surface area contributed by atoms with E-state index < -0.39 is 9.84 Å². The van der Waals surface area contributed by atoms with Gasteiger partial charge in [0.05, 0.1) is 10.6 Å². The van der Waals surface area contributed by atoms with E-state index >= 15 is 0 Å². The molecule has 6 heteroatoms. The van der Waals surface area contributed by atoms with Crippen molar-refractivity contribution in [2.75, 3.05) is 24.3 Å². The molecule has 0 aliphatic carbocycles. The van der Waals surface area contributed by atoms with E-state index in [1.54, 1.807) is 23.9 Å². The van der Waals surface area contributed by atoms with Crippen molar-refractivity contribution in [3.8, 4) is 0 Å². The van der Waals surface area contributed by atoms with E-state index in [4.69, 9.17) is 0 Å². The number of thioether (sulfide) groups is 1. The fourth-order valence-electron chi connectivity index (χ4n) is 1.89. The number of carbonyl (C=O) groups excluding carboxylic acids is 1. The van der Waals surface area contributed by atoms with Crippen LogP contribution in [-0.2, 0) is 20.0 Å². The number of nitrogens with one attached hydrogen (secondary N) is 1. The maximum atomic E-state index is 12.2. The number of rotatable bonds is 7. The van der Waals surface area contributed by atoms with Gasteiger partial charge in [-0.15, -0.1) is 0 Å². The van der Waals surface area contributed by atoms with Gasteiger partial charge in [-0.3, -0.25) is 4.79 Å². The van der Waals surface area contributed by atoms with Gasteiger partial charge in [-0.05, 0) is 29.4 Å². The summed E-state index contributed by atoms with van der Waals surface area (Å²) in [5.41, 5.74) is 1.09. The summed E-state index contributed by atoms with van der Waals surface area (Å²) in [6.45, 7) is 6.40. The average molecular weight is 344 g/mol. The topological polar surface area (TPSA) is 63.2 Å². The average Bonchev–Trinajstić information content (AvgIpc) is 2.44. The van der Waals surface area contributed by atoms with Gasteiger partial charge in [-0.2, -0.15) is 11.8 Å². The fraction of sp³-hybridized carbons (Fsp3) is 0.562. The molecule has 0 saturated carbocycles. The van der Waals surface area contributed by atoms with Crippen molar-refractivity contribution in [1.82, 2.24) is 5.32 Å². The summed E-state index contributed by atoms with van der Waals surface area (Å²) in [6, 6.07) is 6.99. The largest absolute Gasteiger partial charge is 0.355 e. The van der Waals surface area contributed by atoms with Crippen LogP contribution in [0.3, 0.4) is 0 Å². The highest BCUT2D eigenvalue weighted by Gasteiger charge is 2.17. The molecule has 1 aromatic carbocycles. The van der Waals surface area contributed by atoms with E-state index in [-0.39, 0.29) is 23.6 Å². The Bertz CT molecular complexity index is 587. The normalized spacial score (nSPS) is 12.2. The Hall–Kier alpha value is -1.01. The van der Waals surface area contributed by atoms with Crippen molar-refractivity contribution in [3.63, 3.8) is 0 Å². The van der Waals surface area contributed by atoms with E-state index in [9.17, 15) is 13.2 Å². The lowest BCUT2D eigenvalue weighted by atomic mass is 9.87. The van der Waals surface area contributed by atoms with Gasteiger partial charge in [0.2, 0.25) is 5.91 Å². The molecule has 4 nitrogen and oxygen atoms in total. The van der Waals surface area contributed by atoms with Crippen molar-refractivity contribution in [1.29, 1.82) is 0 Å². The lowest BCUT2D eigenvalue weighted by molar-refractivity contribution is -0.120. The third kappa shape index (κ3) is 6.01. The Kier molecular flexibility index (Phi) is 6.94. The van der Waals surface area contributed by atoms with Crippen LogP contribution in [0.2, 0.25) is 0 Å². The summed E-state index contributed by atoms with van der Waals surface area (Å²) in [6.07, 6.45) is 2.35. The fourth-order valence-corrected chi connectivity index (χ4v) is 3.43. The monoisotopic (exact) mass is 343 g/mol. The number of hydrogen-bond donors (Lipinski definition) is 1. The first-order valence-corrected chi connectivity index (χ1v) is 10.3. The molecule has 1 N–H and O–H groups in total. The molecule has 0 aromatic heterocycles. The van der Waals surface area contributed by atoms with Gasteiger partial charge in [0.15, 0.2) is 9.84 Å². The second-order valence-electron chi connectivity index (χ2n) is 6.19. The molecule has 1 aromatic rings. The third-order valence-electron chi connectivity index (χ3n) is 3.31. The van der Waals surface area contributed by atoms with Crippen LogP contribution in [0.4, 0.5) is 0 Å². The number of amides is 1. The molecule has 0 aliphatic rings. The van der Waals surface area contributed by atoms with Crippen molar-refractivity contribution in [2.45, 2.75) is 37.5 Å². The molecule has 0 spiro atoms. The predicted octanol–water partition coefficient (Wildman–Crippen LogP) is 2.63. The molecular formula is C16H25NO3S2. The van der Waals surface area contributed by atoms with Gasteiger partial charge in [-0.25, -0.2) is 8.42 Å². The van der Waals surface area contributed by atoms with Gasteiger partial charge in [-0.1, -0.05) is 32.9 Å². The predicted molar refractivity (Wildman–Crippen MR) is 93.2 cm³/mol. The van der Waals surface area contributed by atoms with E-state index in [1.165, 1.54) is 0 Å². The second kappa shape index (κ2) is 8.02. The molecule has 1 rings (SSSR count). The molecular weight excluding hydrogens is 318 g/mol. The van der Waals surface area contributed by atoms with Crippen molar-refractivity contribution in [2.24, 2.45) is 0 Å². The molecule has 0 heterocycles. The Morgan fingerprint density at radius 1 is 1.18 bits per heavy atom. The molecule has 0 fully saturated rings. The zero-order valence-electron chi connectivity index (χ0n) is 13.7. The van der Waals surface area contributed by atoms with Gasteiger partial charge >= 0.3 is 0 Å². The highest BCUT2D eigenvalue weighted by molar-refractivity contribution is 7.98. The molecule has 0 saturated heterocycles. The quantitative estimate of drug-likeness (QED) is 0.827. The minimum Gasteiger partial charge on any atom is -0.355 e. The van der Waals surface area contributed by atoms with Crippen LogP contribution in [0, 0.1) is 0 Å². The second-order valence-corrected chi connectivity index (χ2v) is 9.28.